The Hall–Kier alpha value is -2.55. The maximum Gasteiger partial charge on any atom is 0.217 e. The Labute approximate surface area is 177 Å². The van der Waals surface area contributed by atoms with E-state index in [2.05, 4.69) is 33.2 Å². The molecule has 1 saturated heterocycles. The van der Waals surface area contributed by atoms with Crippen molar-refractivity contribution in [2.75, 3.05) is 6.54 Å². The van der Waals surface area contributed by atoms with Gasteiger partial charge in [-0.2, -0.15) is 4.98 Å². The summed E-state index contributed by atoms with van der Waals surface area (Å²) in [5, 5.41) is 4.48. The van der Waals surface area contributed by atoms with Gasteiger partial charge in [-0.05, 0) is 68.4 Å². The topological polar surface area (TPSA) is 62.9 Å². The molecule has 1 N–H and O–H groups in total. The van der Waals surface area contributed by atoms with E-state index in [1.807, 2.05) is 42.0 Å². The molecule has 8 heteroatoms. The highest BCUT2D eigenvalue weighted by Gasteiger charge is 2.29. The largest absolute Gasteiger partial charge is 0.462 e. The standard InChI is InChI=1S/C21H21N5OS2/c1-14-8-9-15(27-14)10-11-19-23-21(28)26(24-19)13-25-12-4-6-17(25)20-22-16-5-2-3-7-18(16)29-20/h2-3,5,7-11,17H,4,6,12-13H2,1H3,(H,23,24,28). The third-order valence-corrected chi connectivity index (χ3v) is 6.59. The van der Waals surface area contributed by atoms with Gasteiger partial charge in [0, 0.05) is 6.54 Å². The Bertz CT molecular complexity index is 1200. The van der Waals surface area contributed by atoms with Gasteiger partial charge in [0.15, 0.2) is 0 Å². The van der Waals surface area contributed by atoms with Gasteiger partial charge in [-0.3, -0.25) is 10.00 Å². The molecule has 0 saturated carbocycles. The van der Waals surface area contributed by atoms with Crippen LogP contribution in [0, 0.1) is 11.7 Å². The maximum atomic E-state index is 5.56. The summed E-state index contributed by atoms with van der Waals surface area (Å²) in [6.45, 7) is 3.63. The van der Waals surface area contributed by atoms with Gasteiger partial charge in [-0.25, -0.2) is 9.67 Å². The molecule has 1 aromatic carbocycles. The van der Waals surface area contributed by atoms with Crippen LogP contribution in [0.1, 0.15) is 41.2 Å². The first-order chi connectivity index (χ1) is 14.2. The van der Waals surface area contributed by atoms with E-state index in [0.29, 0.717) is 17.5 Å². The van der Waals surface area contributed by atoms with Crippen molar-refractivity contribution in [3.63, 3.8) is 0 Å². The molecular formula is C21H21N5OS2. The van der Waals surface area contributed by atoms with Crippen LogP contribution in [0.2, 0.25) is 0 Å². The van der Waals surface area contributed by atoms with E-state index in [1.54, 1.807) is 11.3 Å². The van der Waals surface area contributed by atoms with Gasteiger partial charge in [0.05, 0.1) is 22.9 Å². The lowest BCUT2D eigenvalue weighted by atomic mass is 10.2. The highest BCUT2D eigenvalue weighted by atomic mass is 32.1. The maximum absolute atomic E-state index is 5.56. The first-order valence-corrected chi connectivity index (χ1v) is 10.9. The van der Waals surface area contributed by atoms with Crippen molar-refractivity contribution in [2.24, 2.45) is 0 Å². The number of benzene rings is 1. The van der Waals surface area contributed by atoms with Crippen LogP contribution >= 0.6 is 23.6 Å². The van der Waals surface area contributed by atoms with Crippen LogP contribution in [0.4, 0.5) is 0 Å². The first kappa shape index (κ1) is 18.5. The second-order valence-electron chi connectivity index (χ2n) is 7.23. The number of fused-ring (bicyclic) bond motifs is 1. The van der Waals surface area contributed by atoms with Crippen LogP contribution in [0.25, 0.3) is 22.4 Å². The van der Waals surface area contributed by atoms with E-state index in [-0.39, 0.29) is 0 Å². The molecule has 0 aliphatic carbocycles. The zero-order valence-electron chi connectivity index (χ0n) is 16.0. The Kier molecular flexibility index (Phi) is 4.91. The summed E-state index contributed by atoms with van der Waals surface area (Å²) in [6, 6.07) is 12.5. The Balaban J connectivity index is 1.34. The highest BCUT2D eigenvalue weighted by Crippen LogP contribution is 2.36. The minimum absolute atomic E-state index is 0.322. The summed E-state index contributed by atoms with van der Waals surface area (Å²) in [6.07, 6.45) is 6.06. The van der Waals surface area contributed by atoms with Gasteiger partial charge in [-0.1, -0.05) is 12.1 Å². The molecule has 29 heavy (non-hydrogen) atoms. The predicted octanol–water partition coefficient (Wildman–Crippen LogP) is 5.42. The van der Waals surface area contributed by atoms with Crippen molar-refractivity contribution in [1.29, 1.82) is 0 Å². The van der Waals surface area contributed by atoms with Crippen LogP contribution in [-0.2, 0) is 6.67 Å². The minimum Gasteiger partial charge on any atom is -0.462 e. The van der Waals surface area contributed by atoms with Crippen molar-refractivity contribution in [2.45, 2.75) is 32.5 Å². The summed E-state index contributed by atoms with van der Waals surface area (Å²) in [5.41, 5.74) is 1.08. The number of hydrogen-bond acceptors (Lipinski definition) is 6. The number of H-pyrrole nitrogens is 1. The zero-order valence-corrected chi connectivity index (χ0v) is 17.7. The van der Waals surface area contributed by atoms with Crippen LogP contribution in [-0.4, -0.2) is 31.2 Å². The molecule has 1 atom stereocenters. The van der Waals surface area contributed by atoms with Crippen LogP contribution < -0.4 is 0 Å². The second-order valence-corrected chi connectivity index (χ2v) is 8.66. The average Bonchev–Trinajstić information content (AvgIpc) is 3.48. The molecule has 4 heterocycles. The van der Waals surface area contributed by atoms with Crippen molar-refractivity contribution in [3.05, 3.63) is 63.5 Å². The summed E-state index contributed by atoms with van der Waals surface area (Å²) < 4.78 is 9.28. The molecule has 6 nitrogen and oxygen atoms in total. The predicted molar refractivity (Wildman–Crippen MR) is 118 cm³/mol. The molecule has 1 aliphatic heterocycles. The molecule has 0 radical (unpaired) electrons. The third kappa shape index (κ3) is 3.83. The molecule has 4 aromatic rings. The van der Waals surface area contributed by atoms with E-state index in [0.717, 1.165) is 42.2 Å². The number of nitrogens with zero attached hydrogens (tertiary/aromatic N) is 4. The summed E-state index contributed by atoms with van der Waals surface area (Å²) >= 11 is 7.26. The second kappa shape index (κ2) is 7.70. The van der Waals surface area contributed by atoms with Crippen molar-refractivity contribution in [1.82, 2.24) is 24.6 Å². The van der Waals surface area contributed by atoms with Gasteiger partial charge >= 0.3 is 0 Å². The van der Waals surface area contributed by atoms with E-state index < -0.39 is 0 Å². The number of nitrogens with one attached hydrogen (secondary N) is 1. The molecule has 148 valence electrons. The lowest BCUT2D eigenvalue weighted by Crippen LogP contribution is -2.26. The number of para-hydroxylation sites is 1. The Morgan fingerprint density at radius 3 is 2.97 bits per heavy atom. The van der Waals surface area contributed by atoms with Gasteiger partial charge in [-0.15, -0.1) is 11.3 Å². The average molecular weight is 424 g/mol. The van der Waals surface area contributed by atoms with Gasteiger partial charge in [0.1, 0.15) is 22.4 Å². The molecule has 1 aliphatic rings. The van der Waals surface area contributed by atoms with E-state index in [9.17, 15) is 0 Å². The molecular weight excluding hydrogens is 402 g/mol. The smallest absolute Gasteiger partial charge is 0.217 e. The van der Waals surface area contributed by atoms with Crippen LogP contribution in [0.3, 0.4) is 0 Å². The number of thiazole rings is 1. The third-order valence-electron chi connectivity index (χ3n) is 5.15. The molecule has 3 aromatic heterocycles. The number of rotatable bonds is 5. The lowest BCUT2D eigenvalue weighted by Gasteiger charge is -2.22. The molecule has 0 amide bonds. The highest BCUT2D eigenvalue weighted by molar-refractivity contribution is 7.71. The molecule has 0 bridgehead atoms. The fourth-order valence-corrected chi connectivity index (χ4v) is 5.08. The Morgan fingerprint density at radius 2 is 2.14 bits per heavy atom. The van der Waals surface area contributed by atoms with Crippen molar-refractivity contribution in [3.8, 4) is 0 Å². The number of furan rings is 1. The quantitative estimate of drug-likeness (QED) is 0.435. The number of aromatic nitrogens is 4. The number of aromatic amines is 1. The number of likely N-dealkylation sites (tertiary alicyclic amines) is 1. The SMILES string of the molecule is Cc1ccc(C=Cc2nc(=S)n(CN3CCCC3c3nc4ccccc4s3)[nH]2)o1. The van der Waals surface area contributed by atoms with Gasteiger partial charge in [0.2, 0.25) is 4.77 Å². The van der Waals surface area contributed by atoms with Crippen molar-refractivity contribution < 1.29 is 4.42 Å². The van der Waals surface area contributed by atoms with Gasteiger partial charge < -0.3 is 4.42 Å². The monoisotopic (exact) mass is 423 g/mol. The van der Waals surface area contributed by atoms with E-state index >= 15 is 0 Å². The van der Waals surface area contributed by atoms with E-state index in [4.69, 9.17) is 21.6 Å². The Morgan fingerprint density at radius 1 is 1.24 bits per heavy atom. The normalized spacial score (nSPS) is 17.8. The molecule has 1 unspecified atom stereocenters. The minimum atomic E-state index is 0.322. The first-order valence-electron chi connectivity index (χ1n) is 9.66. The molecule has 0 spiro atoms. The van der Waals surface area contributed by atoms with Crippen molar-refractivity contribution >= 4 is 45.9 Å². The summed E-state index contributed by atoms with van der Waals surface area (Å²) in [4.78, 5) is 11.8. The fraction of sp³-hybridized carbons (Fsp3) is 0.286. The lowest BCUT2D eigenvalue weighted by molar-refractivity contribution is 0.190. The molecule has 1 fully saturated rings. The number of aryl methyl sites for hydroxylation is 1. The van der Waals surface area contributed by atoms with Gasteiger partial charge in [0.25, 0.3) is 0 Å². The van der Waals surface area contributed by atoms with E-state index in [1.165, 1.54) is 9.71 Å². The van der Waals surface area contributed by atoms with Crippen LogP contribution in [0.15, 0.2) is 40.8 Å². The number of hydrogen-bond donors (Lipinski definition) is 1. The zero-order chi connectivity index (χ0) is 19.8. The van der Waals surface area contributed by atoms with Crippen LogP contribution in [0.5, 0.6) is 0 Å². The fourth-order valence-electron chi connectivity index (χ4n) is 3.74. The summed E-state index contributed by atoms with van der Waals surface area (Å²) in [5.74, 6) is 2.41. The summed E-state index contributed by atoms with van der Waals surface area (Å²) in [7, 11) is 0. The molecule has 5 rings (SSSR count).